The molecule has 3 rings (SSSR count). The Hall–Kier alpha value is -2.62. The summed E-state index contributed by atoms with van der Waals surface area (Å²) >= 11 is 14.7. The van der Waals surface area contributed by atoms with Crippen molar-refractivity contribution in [2.45, 2.75) is 0 Å². The van der Waals surface area contributed by atoms with Gasteiger partial charge in [0.2, 0.25) is 0 Å². The van der Waals surface area contributed by atoms with Gasteiger partial charge in [0.15, 0.2) is 5.11 Å². The number of hydrogen-bond donors (Lipinski definition) is 2. The smallest absolute Gasteiger partial charge is 0.346 e. The second kappa shape index (κ2) is 8.81. The van der Waals surface area contributed by atoms with E-state index in [1.54, 1.807) is 24.3 Å². The lowest BCUT2D eigenvalue weighted by Crippen LogP contribution is -2.31. The van der Waals surface area contributed by atoms with Crippen molar-refractivity contribution < 1.29 is 19.1 Å². The molecular formula is C19H14BrClN2O5S. The monoisotopic (exact) mass is 496 g/mol. The van der Waals surface area contributed by atoms with Crippen LogP contribution in [0.4, 0.5) is 11.4 Å². The zero-order valence-corrected chi connectivity index (χ0v) is 17.9. The van der Waals surface area contributed by atoms with E-state index in [9.17, 15) is 14.7 Å². The highest BCUT2D eigenvalue weighted by Gasteiger charge is 2.18. The van der Waals surface area contributed by atoms with Crippen LogP contribution in [0.5, 0.6) is 5.95 Å². The fraction of sp³-hybridized carbons (Fsp3) is 0.105. The summed E-state index contributed by atoms with van der Waals surface area (Å²) in [6, 6.07) is 10.9. The Morgan fingerprint density at radius 1 is 1.24 bits per heavy atom. The van der Waals surface area contributed by atoms with Gasteiger partial charge >= 0.3 is 17.5 Å². The average molecular weight is 498 g/mol. The van der Waals surface area contributed by atoms with Crippen LogP contribution in [0.2, 0.25) is 5.02 Å². The maximum Gasteiger partial charge on any atom is 0.346 e. The molecule has 0 aliphatic rings. The number of halogens is 2. The molecule has 0 bridgehead atoms. The third-order valence-electron chi connectivity index (χ3n) is 3.96. The van der Waals surface area contributed by atoms with Crippen LogP contribution in [0.1, 0.15) is 10.4 Å². The molecule has 0 radical (unpaired) electrons. The molecule has 0 aliphatic heterocycles. The number of anilines is 2. The number of aromatic carboxylic acids is 1. The van der Waals surface area contributed by atoms with E-state index in [1.165, 1.54) is 23.1 Å². The molecule has 0 fully saturated rings. The van der Waals surface area contributed by atoms with E-state index in [0.717, 1.165) is 0 Å². The van der Waals surface area contributed by atoms with E-state index in [4.69, 9.17) is 38.7 Å². The average Bonchev–Trinajstić information content (AvgIpc) is 2.69. The molecule has 3 N–H and O–H groups in total. The maximum absolute atomic E-state index is 12.5. The Morgan fingerprint density at radius 3 is 2.62 bits per heavy atom. The topological polar surface area (TPSA) is 106 Å². The van der Waals surface area contributed by atoms with Gasteiger partial charge in [0.25, 0.3) is 0 Å². The summed E-state index contributed by atoms with van der Waals surface area (Å²) in [4.78, 5) is 25.2. The minimum absolute atomic E-state index is 0.0281. The van der Waals surface area contributed by atoms with Gasteiger partial charge < -0.3 is 20.0 Å². The van der Waals surface area contributed by atoms with E-state index in [0.29, 0.717) is 22.1 Å². The molecule has 0 saturated carbocycles. The molecular weight excluding hydrogens is 484 g/mol. The first-order chi connectivity index (χ1) is 13.8. The van der Waals surface area contributed by atoms with Crippen LogP contribution in [0, 0.1) is 0 Å². The van der Waals surface area contributed by atoms with Crippen molar-refractivity contribution in [3.8, 4) is 5.95 Å². The number of hydrogen-bond acceptors (Lipinski definition) is 5. The van der Waals surface area contributed by atoms with Gasteiger partial charge in [-0.3, -0.25) is 4.90 Å². The predicted octanol–water partition coefficient (Wildman–Crippen LogP) is 4.30. The third kappa shape index (κ3) is 4.36. The quantitative estimate of drug-likeness (QED) is 0.383. The summed E-state index contributed by atoms with van der Waals surface area (Å²) in [5.74, 6) is -1.14. The lowest BCUT2D eigenvalue weighted by molar-refractivity contribution is 0.0697. The van der Waals surface area contributed by atoms with Crippen molar-refractivity contribution in [2.75, 3.05) is 16.8 Å². The van der Waals surface area contributed by atoms with Crippen LogP contribution < -0.4 is 21.0 Å². The minimum atomic E-state index is -1.09. The summed E-state index contributed by atoms with van der Waals surface area (Å²) in [6.45, 7) is 0.279. The minimum Gasteiger partial charge on any atom is -0.478 e. The van der Waals surface area contributed by atoms with E-state index in [2.05, 4.69) is 15.9 Å². The summed E-state index contributed by atoms with van der Waals surface area (Å²) in [7, 11) is 0. The number of carboxylic acid groups (broad SMARTS) is 1. The molecule has 0 aliphatic carbocycles. The highest BCUT2D eigenvalue weighted by Crippen LogP contribution is 2.34. The van der Waals surface area contributed by atoms with Gasteiger partial charge in [0.05, 0.1) is 10.9 Å². The van der Waals surface area contributed by atoms with Gasteiger partial charge in [-0.05, 0) is 42.5 Å². The third-order valence-corrected chi connectivity index (χ3v) is 4.83. The summed E-state index contributed by atoms with van der Waals surface area (Å²) in [5, 5.41) is 10.6. The number of benzene rings is 2. The molecule has 29 heavy (non-hydrogen) atoms. The second-order valence-electron chi connectivity index (χ2n) is 5.79. The molecule has 2 aromatic carbocycles. The van der Waals surface area contributed by atoms with Crippen molar-refractivity contribution in [3.05, 3.63) is 63.5 Å². The molecule has 0 unspecified atom stereocenters. The van der Waals surface area contributed by atoms with Crippen LogP contribution >= 0.6 is 39.7 Å². The predicted molar refractivity (Wildman–Crippen MR) is 119 cm³/mol. The van der Waals surface area contributed by atoms with Crippen molar-refractivity contribution in [2.24, 2.45) is 5.73 Å². The molecule has 1 heterocycles. The molecule has 0 spiro atoms. The number of thiocarbonyl (C=S) groups is 1. The highest BCUT2D eigenvalue weighted by atomic mass is 79.9. The number of fused-ring (bicyclic) bond motifs is 1. The fourth-order valence-corrected chi connectivity index (χ4v) is 3.36. The largest absolute Gasteiger partial charge is 0.478 e. The first-order valence-corrected chi connectivity index (χ1v) is 10.1. The van der Waals surface area contributed by atoms with Crippen LogP contribution in [-0.4, -0.2) is 28.1 Å². The molecule has 0 saturated heterocycles. The number of nitrogens with two attached hydrogens (primary N) is 1. The number of nitrogens with zero attached hydrogens (tertiary/aromatic N) is 1. The Morgan fingerprint density at radius 2 is 1.97 bits per heavy atom. The van der Waals surface area contributed by atoms with Crippen LogP contribution in [0.15, 0.2) is 51.7 Å². The Kier molecular flexibility index (Phi) is 6.41. The number of rotatable bonds is 6. The molecule has 7 nitrogen and oxygen atoms in total. The zero-order valence-electron chi connectivity index (χ0n) is 14.7. The Bertz CT molecular complexity index is 1170. The standard InChI is InChI=1S/C19H14BrClN2O5S/c20-6-7-27-18-15(21)13-5-4-12(9-14(13)17(26)28-18)23(19(22)29)11-3-1-2-10(8-11)16(24)25/h1-5,8-9H,6-7H2,(H2,22,29)(H,24,25). The number of ether oxygens (including phenoxy) is 1. The van der Waals surface area contributed by atoms with Gasteiger partial charge in [-0.25, -0.2) is 9.59 Å². The second-order valence-corrected chi connectivity index (χ2v) is 7.38. The first-order valence-electron chi connectivity index (χ1n) is 8.21. The number of carboxylic acids is 1. The lowest BCUT2D eigenvalue weighted by Gasteiger charge is -2.23. The summed E-state index contributed by atoms with van der Waals surface area (Å²) in [6.07, 6.45) is 0. The van der Waals surface area contributed by atoms with E-state index < -0.39 is 11.6 Å². The molecule has 0 atom stereocenters. The van der Waals surface area contributed by atoms with E-state index >= 15 is 0 Å². The van der Waals surface area contributed by atoms with E-state index in [-0.39, 0.29) is 33.6 Å². The maximum atomic E-state index is 12.5. The van der Waals surface area contributed by atoms with Crippen LogP contribution in [0.25, 0.3) is 10.8 Å². The van der Waals surface area contributed by atoms with Gasteiger partial charge in [0.1, 0.15) is 11.6 Å². The molecule has 150 valence electrons. The van der Waals surface area contributed by atoms with E-state index in [1.807, 2.05) is 0 Å². The summed E-state index contributed by atoms with van der Waals surface area (Å²) in [5.41, 5.74) is 6.19. The zero-order chi connectivity index (χ0) is 21.1. The Balaban J connectivity index is 2.13. The first kappa shape index (κ1) is 21.1. The van der Waals surface area contributed by atoms with Crippen molar-refractivity contribution in [3.63, 3.8) is 0 Å². The molecule has 10 heteroatoms. The molecule has 3 aromatic rings. The van der Waals surface area contributed by atoms with Crippen molar-refractivity contribution in [1.82, 2.24) is 0 Å². The lowest BCUT2D eigenvalue weighted by atomic mass is 10.1. The van der Waals surface area contributed by atoms with Crippen LogP contribution in [0.3, 0.4) is 0 Å². The molecule has 1 aromatic heterocycles. The normalized spacial score (nSPS) is 10.7. The SMILES string of the molecule is NC(=S)N(c1cccc(C(=O)O)c1)c1ccc2c(Cl)c(OCCBr)oc(=O)c2c1. The molecule has 0 amide bonds. The van der Waals surface area contributed by atoms with Crippen LogP contribution in [-0.2, 0) is 0 Å². The van der Waals surface area contributed by atoms with Crippen molar-refractivity contribution >= 4 is 73.0 Å². The van der Waals surface area contributed by atoms with Gasteiger partial charge in [-0.1, -0.05) is 39.7 Å². The van der Waals surface area contributed by atoms with Gasteiger partial charge in [-0.2, -0.15) is 0 Å². The Labute approximate surface area is 183 Å². The van der Waals surface area contributed by atoms with Crippen molar-refractivity contribution in [1.29, 1.82) is 0 Å². The number of alkyl halides is 1. The summed E-state index contributed by atoms with van der Waals surface area (Å²) < 4.78 is 10.5. The fourth-order valence-electron chi connectivity index (χ4n) is 2.73. The van der Waals surface area contributed by atoms with Gasteiger partial charge in [0, 0.05) is 22.1 Å². The number of carbonyl (C=O) groups is 1. The van der Waals surface area contributed by atoms with Gasteiger partial charge in [-0.15, -0.1) is 0 Å². The highest BCUT2D eigenvalue weighted by molar-refractivity contribution is 9.09.